The third-order valence-corrected chi connectivity index (χ3v) is 3.08. The first-order chi connectivity index (χ1) is 7.24. The van der Waals surface area contributed by atoms with Gasteiger partial charge in [-0.05, 0) is 26.0 Å². The quantitative estimate of drug-likeness (QED) is 0.570. The third-order valence-electron chi connectivity index (χ3n) is 2.12. The number of hydrogen-bond donors (Lipinski definition) is 1. The number of aryl methyl sites for hydroxylation is 1. The van der Waals surface area contributed by atoms with Gasteiger partial charge in [0.15, 0.2) is 0 Å². The summed E-state index contributed by atoms with van der Waals surface area (Å²) < 4.78 is 5.54. The summed E-state index contributed by atoms with van der Waals surface area (Å²) in [5, 5.41) is 3.42. The van der Waals surface area contributed by atoms with E-state index in [2.05, 4.69) is 18.8 Å². The fourth-order valence-corrected chi connectivity index (χ4v) is 1.90. The third kappa shape index (κ3) is 4.58. The molecule has 0 spiro atoms. The molecule has 84 valence electrons. The monoisotopic (exact) mass is 225 g/mol. The number of furan rings is 1. The van der Waals surface area contributed by atoms with Gasteiger partial charge in [-0.3, -0.25) is 0 Å². The summed E-state index contributed by atoms with van der Waals surface area (Å²) in [5.74, 6) is 4.12. The lowest BCUT2D eigenvalue weighted by Crippen LogP contribution is -2.20. The maximum absolute atomic E-state index is 5.54. The highest BCUT2D eigenvalue weighted by Crippen LogP contribution is 2.15. The van der Waals surface area contributed by atoms with Crippen molar-refractivity contribution in [3.8, 4) is 0 Å². The maximum atomic E-state index is 5.54. The van der Waals surface area contributed by atoms with Crippen molar-refractivity contribution in [1.82, 2.24) is 5.32 Å². The van der Waals surface area contributed by atoms with Crippen LogP contribution >= 0.6 is 11.8 Å². The van der Waals surface area contributed by atoms with Crippen LogP contribution in [0.2, 0.25) is 0 Å². The molecule has 1 heterocycles. The second kappa shape index (κ2) is 6.75. The molecule has 0 radical (unpaired) electrons. The van der Waals surface area contributed by atoms with Crippen molar-refractivity contribution in [3.05, 3.63) is 36.3 Å². The van der Waals surface area contributed by atoms with E-state index >= 15 is 0 Å². The number of hydrogen-bond acceptors (Lipinski definition) is 3. The molecule has 15 heavy (non-hydrogen) atoms. The van der Waals surface area contributed by atoms with Crippen molar-refractivity contribution in [2.24, 2.45) is 0 Å². The number of thioether (sulfide) groups is 1. The van der Waals surface area contributed by atoms with Crippen LogP contribution in [0.1, 0.15) is 24.5 Å². The Bertz CT molecular complexity index is 296. The van der Waals surface area contributed by atoms with Crippen molar-refractivity contribution in [2.45, 2.75) is 19.9 Å². The number of rotatable bonds is 7. The fourth-order valence-electron chi connectivity index (χ4n) is 1.30. The zero-order valence-corrected chi connectivity index (χ0v) is 10.3. The van der Waals surface area contributed by atoms with E-state index in [1.165, 1.54) is 0 Å². The van der Waals surface area contributed by atoms with E-state index in [0.29, 0.717) is 6.04 Å². The minimum atomic E-state index is 0.294. The van der Waals surface area contributed by atoms with Gasteiger partial charge >= 0.3 is 0 Å². The molecule has 1 aromatic heterocycles. The molecule has 1 N–H and O–H groups in total. The molecule has 1 aromatic rings. The molecule has 0 aliphatic heterocycles. The minimum absolute atomic E-state index is 0.294. The van der Waals surface area contributed by atoms with Crippen molar-refractivity contribution in [3.63, 3.8) is 0 Å². The smallest absolute Gasteiger partial charge is 0.120 e. The zero-order valence-electron chi connectivity index (χ0n) is 9.45. The molecule has 3 heteroatoms. The van der Waals surface area contributed by atoms with E-state index in [9.17, 15) is 0 Å². The second-order valence-electron chi connectivity index (χ2n) is 3.49. The van der Waals surface area contributed by atoms with Crippen LogP contribution in [0.25, 0.3) is 0 Å². The van der Waals surface area contributed by atoms with E-state index in [1.807, 2.05) is 36.9 Å². The first-order valence-corrected chi connectivity index (χ1v) is 6.38. The van der Waals surface area contributed by atoms with Crippen molar-refractivity contribution in [2.75, 3.05) is 18.1 Å². The van der Waals surface area contributed by atoms with E-state index < -0.39 is 0 Å². The van der Waals surface area contributed by atoms with Crippen molar-refractivity contribution in [1.29, 1.82) is 0 Å². The summed E-state index contributed by atoms with van der Waals surface area (Å²) in [6.07, 6.45) is 1.93. The van der Waals surface area contributed by atoms with Gasteiger partial charge in [-0.15, -0.1) is 6.58 Å². The van der Waals surface area contributed by atoms with Crippen LogP contribution < -0.4 is 5.32 Å². The van der Waals surface area contributed by atoms with E-state index in [1.54, 1.807) is 0 Å². The van der Waals surface area contributed by atoms with E-state index in [0.717, 1.165) is 29.6 Å². The van der Waals surface area contributed by atoms with Crippen LogP contribution in [-0.4, -0.2) is 18.1 Å². The van der Waals surface area contributed by atoms with Crippen molar-refractivity contribution < 1.29 is 4.42 Å². The summed E-state index contributed by atoms with van der Waals surface area (Å²) in [5.41, 5.74) is 0. The molecule has 1 unspecified atom stereocenters. The van der Waals surface area contributed by atoms with Crippen molar-refractivity contribution >= 4 is 11.8 Å². The summed E-state index contributed by atoms with van der Waals surface area (Å²) in [6.45, 7) is 8.78. The summed E-state index contributed by atoms with van der Waals surface area (Å²) in [6, 6.07) is 4.33. The molecule has 0 saturated heterocycles. The van der Waals surface area contributed by atoms with Crippen LogP contribution in [0, 0.1) is 6.92 Å². The highest BCUT2D eigenvalue weighted by molar-refractivity contribution is 7.99. The van der Waals surface area contributed by atoms with Gasteiger partial charge in [0.05, 0.1) is 6.04 Å². The van der Waals surface area contributed by atoms with Gasteiger partial charge in [-0.1, -0.05) is 6.08 Å². The van der Waals surface area contributed by atoms with Gasteiger partial charge in [-0.2, -0.15) is 11.8 Å². The molecular formula is C12H19NOS. The van der Waals surface area contributed by atoms with Crippen LogP contribution in [-0.2, 0) is 0 Å². The van der Waals surface area contributed by atoms with Gasteiger partial charge in [0.1, 0.15) is 11.5 Å². The molecule has 0 aromatic carbocycles. The largest absolute Gasteiger partial charge is 0.465 e. The van der Waals surface area contributed by atoms with Gasteiger partial charge in [0.25, 0.3) is 0 Å². The molecule has 0 amide bonds. The molecule has 1 atom stereocenters. The molecular weight excluding hydrogens is 206 g/mol. The molecule has 1 rings (SSSR count). The lowest BCUT2D eigenvalue weighted by Gasteiger charge is -2.10. The maximum Gasteiger partial charge on any atom is 0.120 e. The highest BCUT2D eigenvalue weighted by atomic mass is 32.2. The molecule has 2 nitrogen and oxygen atoms in total. The van der Waals surface area contributed by atoms with E-state index in [-0.39, 0.29) is 0 Å². The zero-order chi connectivity index (χ0) is 11.1. The topological polar surface area (TPSA) is 25.2 Å². The lowest BCUT2D eigenvalue weighted by atomic mass is 10.2. The van der Waals surface area contributed by atoms with Gasteiger partial charge in [-0.25, -0.2) is 0 Å². The normalized spacial score (nSPS) is 12.7. The summed E-state index contributed by atoms with van der Waals surface area (Å²) in [7, 11) is 0. The highest BCUT2D eigenvalue weighted by Gasteiger charge is 2.07. The van der Waals surface area contributed by atoms with Gasteiger partial charge in [0.2, 0.25) is 0 Å². The molecule has 0 fully saturated rings. The second-order valence-corrected chi connectivity index (χ2v) is 4.64. The average molecular weight is 225 g/mol. The SMILES string of the molecule is C=CCSCCNC(C)c1ccc(C)o1. The first-order valence-electron chi connectivity index (χ1n) is 5.22. The standard InChI is InChI=1S/C12H19NOS/c1-4-8-15-9-7-13-11(3)12-6-5-10(2)14-12/h4-6,11,13H,1,7-9H2,2-3H3. The Morgan fingerprint density at radius 2 is 2.40 bits per heavy atom. The minimum Gasteiger partial charge on any atom is -0.465 e. The number of nitrogens with one attached hydrogen (secondary N) is 1. The Labute approximate surface area is 96.1 Å². The molecule has 0 aliphatic carbocycles. The predicted octanol–water partition coefficient (Wildman–Crippen LogP) is 3.16. The van der Waals surface area contributed by atoms with Crippen LogP contribution in [0.4, 0.5) is 0 Å². The molecule has 0 aliphatic rings. The Morgan fingerprint density at radius 1 is 1.60 bits per heavy atom. The Morgan fingerprint density at radius 3 is 3.00 bits per heavy atom. The Balaban J connectivity index is 2.18. The fraction of sp³-hybridized carbons (Fsp3) is 0.500. The van der Waals surface area contributed by atoms with Crippen LogP contribution in [0.5, 0.6) is 0 Å². The van der Waals surface area contributed by atoms with E-state index in [4.69, 9.17) is 4.42 Å². The Hall–Kier alpha value is -0.670. The van der Waals surface area contributed by atoms with Gasteiger partial charge in [0, 0.05) is 18.1 Å². The molecule has 0 saturated carbocycles. The first kappa shape index (κ1) is 12.4. The van der Waals surface area contributed by atoms with Crippen LogP contribution in [0.15, 0.2) is 29.2 Å². The Kier molecular flexibility index (Phi) is 5.58. The predicted molar refractivity (Wildman–Crippen MR) is 67.4 cm³/mol. The average Bonchev–Trinajstić information content (AvgIpc) is 2.64. The molecule has 0 bridgehead atoms. The van der Waals surface area contributed by atoms with Gasteiger partial charge < -0.3 is 9.73 Å². The lowest BCUT2D eigenvalue weighted by molar-refractivity contribution is 0.422. The summed E-state index contributed by atoms with van der Waals surface area (Å²) >= 11 is 1.88. The summed E-state index contributed by atoms with van der Waals surface area (Å²) in [4.78, 5) is 0. The van der Waals surface area contributed by atoms with Crippen LogP contribution in [0.3, 0.4) is 0 Å².